The van der Waals surface area contributed by atoms with Crippen molar-refractivity contribution in [3.8, 4) is 0 Å². The molecule has 2 heterocycles. The van der Waals surface area contributed by atoms with Crippen molar-refractivity contribution in [3.63, 3.8) is 0 Å². The van der Waals surface area contributed by atoms with Crippen molar-refractivity contribution in [2.75, 3.05) is 5.32 Å². The standard InChI is InChI=1S/C15H17NO4S/c1-5-10-6-11(15(18)19)14(21-10)16-13(17)12-7(2)8(3)20-9(12)4/h6H,5H2,1-4H3,(H,16,17)(H,18,19). The summed E-state index contributed by atoms with van der Waals surface area (Å²) >= 11 is 1.29. The predicted molar refractivity (Wildman–Crippen MR) is 81.5 cm³/mol. The zero-order chi connectivity index (χ0) is 15.7. The van der Waals surface area contributed by atoms with E-state index in [0.29, 0.717) is 22.1 Å². The van der Waals surface area contributed by atoms with Gasteiger partial charge in [0.2, 0.25) is 0 Å². The number of anilines is 1. The van der Waals surface area contributed by atoms with E-state index in [4.69, 9.17) is 4.42 Å². The highest BCUT2D eigenvalue weighted by atomic mass is 32.1. The Bertz CT molecular complexity index is 712. The van der Waals surface area contributed by atoms with Crippen molar-refractivity contribution in [3.05, 3.63) is 39.2 Å². The molecule has 0 unspecified atom stereocenters. The fourth-order valence-corrected chi connectivity index (χ4v) is 3.14. The molecule has 0 aliphatic rings. The van der Waals surface area contributed by atoms with Gasteiger partial charge in [-0.15, -0.1) is 11.3 Å². The van der Waals surface area contributed by atoms with Crippen molar-refractivity contribution in [2.24, 2.45) is 0 Å². The van der Waals surface area contributed by atoms with Crippen molar-refractivity contribution in [1.29, 1.82) is 0 Å². The van der Waals surface area contributed by atoms with E-state index in [1.54, 1.807) is 19.9 Å². The van der Waals surface area contributed by atoms with Crippen LogP contribution in [0.5, 0.6) is 0 Å². The topological polar surface area (TPSA) is 79.5 Å². The molecule has 0 fully saturated rings. The van der Waals surface area contributed by atoms with Gasteiger partial charge < -0.3 is 14.8 Å². The minimum atomic E-state index is -1.04. The van der Waals surface area contributed by atoms with Crippen molar-refractivity contribution in [2.45, 2.75) is 34.1 Å². The van der Waals surface area contributed by atoms with Crippen LogP contribution < -0.4 is 5.32 Å². The van der Waals surface area contributed by atoms with Gasteiger partial charge in [0, 0.05) is 10.4 Å². The van der Waals surface area contributed by atoms with Gasteiger partial charge in [0.1, 0.15) is 16.5 Å². The number of amides is 1. The molecule has 112 valence electrons. The van der Waals surface area contributed by atoms with Crippen molar-refractivity contribution >= 4 is 28.2 Å². The summed E-state index contributed by atoms with van der Waals surface area (Å²) in [6, 6.07) is 1.60. The summed E-state index contributed by atoms with van der Waals surface area (Å²) in [4.78, 5) is 24.5. The second-order valence-corrected chi connectivity index (χ2v) is 5.92. The highest BCUT2D eigenvalue weighted by Crippen LogP contribution is 2.30. The number of hydrogen-bond donors (Lipinski definition) is 2. The molecule has 0 aromatic carbocycles. The number of carbonyl (C=O) groups is 2. The minimum Gasteiger partial charge on any atom is -0.478 e. The monoisotopic (exact) mass is 307 g/mol. The first-order chi connectivity index (χ1) is 9.85. The van der Waals surface area contributed by atoms with Crippen LogP contribution in [-0.4, -0.2) is 17.0 Å². The first-order valence-electron chi connectivity index (χ1n) is 6.59. The molecule has 2 N–H and O–H groups in total. The summed E-state index contributed by atoms with van der Waals surface area (Å²) in [5.74, 6) is -0.157. The third-order valence-electron chi connectivity index (χ3n) is 3.38. The smallest absolute Gasteiger partial charge is 0.338 e. The summed E-state index contributed by atoms with van der Waals surface area (Å²) in [5.41, 5.74) is 1.37. The Morgan fingerprint density at radius 2 is 1.95 bits per heavy atom. The van der Waals surface area contributed by atoms with Gasteiger partial charge in [-0.3, -0.25) is 4.79 Å². The van der Waals surface area contributed by atoms with E-state index in [9.17, 15) is 14.7 Å². The first kappa shape index (κ1) is 15.3. The molecular weight excluding hydrogens is 290 g/mol. The highest BCUT2D eigenvalue weighted by molar-refractivity contribution is 7.16. The molecule has 2 aromatic heterocycles. The minimum absolute atomic E-state index is 0.126. The van der Waals surface area contributed by atoms with Gasteiger partial charge in [-0.2, -0.15) is 0 Å². The first-order valence-corrected chi connectivity index (χ1v) is 7.40. The van der Waals surface area contributed by atoms with Crippen LogP contribution in [-0.2, 0) is 6.42 Å². The quantitative estimate of drug-likeness (QED) is 0.901. The number of carboxylic acid groups (broad SMARTS) is 1. The molecule has 0 aliphatic heterocycles. The molecule has 0 spiro atoms. The van der Waals surface area contributed by atoms with E-state index in [0.717, 1.165) is 16.9 Å². The number of carbonyl (C=O) groups excluding carboxylic acids is 1. The molecule has 21 heavy (non-hydrogen) atoms. The fourth-order valence-electron chi connectivity index (χ4n) is 2.16. The van der Waals surface area contributed by atoms with Gasteiger partial charge >= 0.3 is 5.97 Å². The Morgan fingerprint density at radius 3 is 2.43 bits per heavy atom. The molecular formula is C15H17NO4S. The van der Waals surface area contributed by atoms with Gasteiger partial charge in [0.15, 0.2) is 0 Å². The summed E-state index contributed by atoms with van der Waals surface area (Å²) in [5, 5.41) is 12.3. The molecule has 2 aromatic rings. The van der Waals surface area contributed by atoms with E-state index in [2.05, 4.69) is 5.32 Å². The fraction of sp³-hybridized carbons (Fsp3) is 0.333. The highest BCUT2D eigenvalue weighted by Gasteiger charge is 2.22. The van der Waals surface area contributed by atoms with Gasteiger partial charge in [0.25, 0.3) is 5.91 Å². The van der Waals surface area contributed by atoms with E-state index in [1.165, 1.54) is 11.3 Å². The maximum atomic E-state index is 12.4. The molecule has 6 heteroatoms. The molecule has 0 radical (unpaired) electrons. The lowest BCUT2D eigenvalue weighted by molar-refractivity contribution is 0.0698. The maximum absolute atomic E-state index is 12.4. The SMILES string of the molecule is CCc1cc(C(=O)O)c(NC(=O)c2c(C)oc(C)c2C)s1. The van der Waals surface area contributed by atoms with Crippen LogP contribution in [0.2, 0.25) is 0 Å². The van der Waals surface area contributed by atoms with E-state index < -0.39 is 5.97 Å². The molecule has 0 saturated carbocycles. The molecule has 5 nitrogen and oxygen atoms in total. The molecule has 1 amide bonds. The zero-order valence-corrected chi connectivity index (χ0v) is 13.2. The van der Waals surface area contributed by atoms with Crippen LogP contribution in [0.3, 0.4) is 0 Å². The van der Waals surface area contributed by atoms with Crippen LogP contribution in [0.15, 0.2) is 10.5 Å². The lowest BCUT2D eigenvalue weighted by Gasteiger charge is -2.04. The Kier molecular flexibility index (Phi) is 4.18. The van der Waals surface area contributed by atoms with Crippen LogP contribution in [0.1, 0.15) is 49.6 Å². The normalized spacial score (nSPS) is 10.7. The number of aromatic carboxylic acids is 1. The number of hydrogen-bond acceptors (Lipinski definition) is 4. The maximum Gasteiger partial charge on any atom is 0.338 e. The summed E-state index contributed by atoms with van der Waals surface area (Å²) in [7, 11) is 0. The zero-order valence-electron chi connectivity index (χ0n) is 12.4. The molecule has 0 atom stereocenters. The van der Waals surface area contributed by atoms with Crippen LogP contribution in [0, 0.1) is 20.8 Å². The molecule has 0 saturated heterocycles. The van der Waals surface area contributed by atoms with Crippen molar-refractivity contribution in [1.82, 2.24) is 0 Å². The second-order valence-electron chi connectivity index (χ2n) is 4.78. The van der Waals surface area contributed by atoms with Crippen LogP contribution >= 0.6 is 11.3 Å². The van der Waals surface area contributed by atoms with Gasteiger partial charge in [-0.05, 0) is 33.3 Å². The largest absolute Gasteiger partial charge is 0.478 e. The average Bonchev–Trinajstić information content (AvgIpc) is 2.91. The lowest BCUT2D eigenvalue weighted by atomic mass is 10.1. The Morgan fingerprint density at radius 1 is 1.29 bits per heavy atom. The number of rotatable bonds is 4. The molecule has 2 rings (SSSR count). The summed E-state index contributed by atoms with van der Waals surface area (Å²) in [6.07, 6.45) is 0.726. The second kappa shape index (κ2) is 5.73. The Labute approximate surface area is 126 Å². The van der Waals surface area contributed by atoms with Gasteiger partial charge in [0.05, 0.1) is 11.1 Å². The van der Waals surface area contributed by atoms with E-state index in [1.807, 2.05) is 13.8 Å². The van der Waals surface area contributed by atoms with Crippen LogP contribution in [0.25, 0.3) is 0 Å². The number of carboxylic acids is 1. The molecule has 0 aliphatic carbocycles. The third-order valence-corrected chi connectivity index (χ3v) is 4.57. The Balaban J connectivity index is 2.35. The average molecular weight is 307 g/mol. The third kappa shape index (κ3) is 2.85. The lowest BCUT2D eigenvalue weighted by Crippen LogP contribution is -2.14. The number of nitrogens with one attached hydrogen (secondary N) is 1. The van der Waals surface area contributed by atoms with Crippen molar-refractivity contribution < 1.29 is 19.1 Å². The van der Waals surface area contributed by atoms with Gasteiger partial charge in [-0.1, -0.05) is 6.92 Å². The van der Waals surface area contributed by atoms with Crippen LogP contribution in [0.4, 0.5) is 5.00 Å². The summed E-state index contributed by atoms with van der Waals surface area (Å²) in [6.45, 7) is 7.27. The van der Waals surface area contributed by atoms with Gasteiger partial charge in [-0.25, -0.2) is 4.79 Å². The summed E-state index contributed by atoms with van der Waals surface area (Å²) < 4.78 is 5.43. The predicted octanol–water partition coefficient (Wildman–Crippen LogP) is 3.78. The number of thiophene rings is 1. The number of furan rings is 1. The van der Waals surface area contributed by atoms with E-state index in [-0.39, 0.29) is 11.5 Å². The Hall–Kier alpha value is -2.08. The number of aryl methyl sites for hydroxylation is 3. The molecule has 0 bridgehead atoms. The van der Waals surface area contributed by atoms with E-state index >= 15 is 0 Å².